The molecule has 3 rings (SSSR count). The van der Waals surface area contributed by atoms with Gasteiger partial charge in [0.2, 0.25) is 5.76 Å². The van der Waals surface area contributed by atoms with Crippen LogP contribution in [0.4, 0.5) is 5.69 Å². The molecule has 1 aromatic carbocycles. The lowest BCUT2D eigenvalue weighted by Crippen LogP contribution is -2.46. The van der Waals surface area contributed by atoms with Gasteiger partial charge in [0, 0.05) is 44.0 Å². The van der Waals surface area contributed by atoms with Crippen molar-refractivity contribution in [2.75, 3.05) is 31.1 Å². The lowest BCUT2D eigenvalue weighted by molar-refractivity contribution is 0.0661. The third-order valence-electron chi connectivity index (χ3n) is 4.91. The molecule has 0 unspecified atom stereocenters. The van der Waals surface area contributed by atoms with Crippen molar-refractivity contribution in [1.82, 2.24) is 4.90 Å². The number of anilines is 1. The summed E-state index contributed by atoms with van der Waals surface area (Å²) >= 11 is 0. The fraction of sp³-hybridized carbons (Fsp3) is 0.421. The molecule has 24 heavy (non-hydrogen) atoms. The zero-order valence-corrected chi connectivity index (χ0v) is 14.5. The average molecular weight is 328 g/mol. The number of piperazine rings is 1. The predicted molar refractivity (Wildman–Crippen MR) is 93.8 cm³/mol. The maximum Gasteiger partial charge on any atom is 0.371 e. The molecular formula is C19H24N2O3. The number of hydrogen-bond donors (Lipinski definition) is 1. The summed E-state index contributed by atoms with van der Waals surface area (Å²) in [6.45, 7) is 10.8. The molecule has 2 heterocycles. The first-order valence-electron chi connectivity index (χ1n) is 8.32. The van der Waals surface area contributed by atoms with Crippen LogP contribution in [0, 0.1) is 20.8 Å². The van der Waals surface area contributed by atoms with Gasteiger partial charge in [-0.2, -0.15) is 0 Å². The number of nitrogens with zero attached hydrogens (tertiary/aromatic N) is 2. The zero-order valence-electron chi connectivity index (χ0n) is 14.5. The number of benzene rings is 1. The van der Waals surface area contributed by atoms with Crippen LogP contribution in [0.1, 0.15) is 33.0 Å². The van der Waals surface area contributed by atoms with Gasteiger partial charge < -0.3 is 14.4 Å². The quantitative estimate of drug-likeness (QED) is 0.934. The number of furan rings is 1. The second-order valence-electron chi connectivity index (χ2n) is 6.48. The molecule has 5 heteroatoms. The third kappa shape index (κ3) is 3.31. The number of carboxylic acid groups (broad SMARTS) is 1. The third-order valence-corrected chi connectivity index (χ3v) is 4.91. The van der Waals surface area contributed by atoms with Gasteiger partial charge in [0.1, 0.15) is 5.76 Å². The van der Waals surface area contributed by atoms with Crippen LogP contribution in [0.2, 0.25) is 0 Å². The summed E-state index contributed by atoms with van der Waals surface area (Å²) in [6, 6.07) is 8.11. The lowest BCUT2D eigenvalue weighted by atomic mass is 10.1. The minimum absolute atomic E-state index is 0.0246. The minimum Gasteiger partial charge on any atom is -0.475 e. The van der Waals surface area contributed by atoms with E-state index in [2.05, 4.69) is 41.8 Å². The number of carboxylic acids is 1. The van der Waals surface area contributed by atoms with Crippen LogP contribution in [0.5, 0.6) is 0 Å². The number of aryl methyl sites for hydroxylation is 2. The molecule has 5 nitrogen and oxygen atoms in total. The second-order valence-corrected chi connectivity index (χ2v) is 6.48. The van der Waals surface area contributed by atoms with Gasteiger partial charge in [0.05, 0.1) is 0 Å². The van der Waals surface area contributed by atoms with Crippen molar-refractivity contribution in [3.05, 3.63) is 52.5 Å². The highest BCUT2D eigenvalue weighted by atomic mass is 16.4. The number of hydrogen-bond acceptors (Lipinski definition) is 4. The standard InChI is InChI=1S/C19H24N2O3/c1-13-5-4-6-17(14(13)2)21-9-7-20(8-10-21)12-16-11-18(19(22)23)24-15(16)3/h4-6,11H,7-10,12H2,1-3H3,(H,22,23). The van der Waals surface area contributed by atoms with Gasteiger partial charge >= 0.3 is 5.97 Å². The Labute approximate surface area is 142 Å². The van der Waals surface area contributed by atoms with E-state index in [-0.39, 0.29) is 5.76 Å². The van der Waals surface area contributed by atoms with E-state index in [9.17, 15) is 4.79 Å². The zero-order chi connectivity index (χ0) is 17.3. The molecule has 1 aromatic heterocycles. The van der Waals surface area contributed by atoms with E-state index < -0.39 is 5.97 Å². The van der Waals surface area contributed by atoms with Gasteiger partial charge in [-0.25, -0.2) is 4.79 Å². The molecule has 0 amide bonds. The smallest absolute Gasteiger partial charge is 0.371 e. The Morgan fingerprint density at radius 2 is 1.88 bits per heavy atom. The Morgan fingerprint density at radius 3 is 2.50 bits per heavy atom. The van der Waals surface area contributed by atoms with Crippen LogP contribution in [-0.2, 0) is 6.54 Å². The van der Waals surface area contributed by atoms with E-state index in [1.165, 1.54) is 16.8 Å². The molecule has 0 saturated carbocycles. The molecule has 1 fully saturated rings. The Kier molecular flexibility index (Phi) is 4.62. The fourth-order valence-corrected chi connectivity index (χ4v) is 3.25. The van der Waals surface area contributed by atoms with Crippen LogP contribution in [0.15, 0.2) is 28.7 Å². The van der Waals surface area contributed by atoms with E-state index in [0.717, 1.165) is 38.3 Å². The summed E-state index contributed by atoms with van der Waals surface area (Å²) in [5, 5.41) is 9.02. The van der Waals surface area contributed by atoms with Crippen molar-refractivity contribution < 1.29 is 14.3 Å². The molecule has 0 atom stereocenters. The monoisotopic (exact) mass is 328 g/mol. The maximum atomic E-state index is 11.0. The topological polar surface area (TPSA) is 56.9 Å². The summed E-state index contributed by atoms with van der Waals surface area (Å²) in [5.41, 5.74) is 4.96. The number of carbonyl (C=O) groups is 1. The summed E-state index contributed by atoms with van der Waals surface area (Å²) < 4.78 is 5.30. The van der Waals surface area contributed by atoms with Crippen molar-refractivity contribution >= 4 is 11.7 Å². The van der Waals surface area contributed by atoms with Gasteiger partial charge in [0.25, 0.3) is 0 Å². The molecule has 2 aromatic rings. The van der Waals surface area contributed by atoms with Crippen LogP contribution in [0.25, 0.3) is 0 Å². The normalized spacial score (nSPS) is 15.7. The highest BCUT2D eigenvalue weighted by Crippen LogP contribution is 2.24. The Balaban J connectivity index is 1.63. The van der Waals surface area contributed by atoms with E-state index in [1.54, 1.807) is 6.07 Å². The van der Waals surface area contributed by atoms with Crippen molar-refractivity contribution in [1.29, 1.82) is 0 Å². The molecule has 1 N–H and O–H groups in total. The largest absolute Gasteiger partial charge is 0.475 e. The van der Waals surface area contributed by atoms with E-state index in [4.69, 9.17) is 9.52 Å². The lowest BCUT2D eigenvalue weighted by Gasteiger charge is -2.37. The first kappa shape index (κ1) is 16.6. The van der Waals surface area contributed by atoms with Crippen molar-refractivity contribution in [2.45, 2.75) is 27.3 Å². The van der Waals surface area contributed by atoms with Gasteiger partial charge in [-0.15, -0.1) is 0 Å². The highest BCUT2D eigenvalue weighted by molar-refractivity contribution is 5.84. The fourth-order valence-electron chi connectivity index (χ4n) is 3.25. The van der Waals surface area contributed by atoms with Crippen LogP contribution < -0.4 is 4.90 Å². The second kappa shape index (κ2) is 6.69. The first-order valence-corrected chi connectivity index (χ1v) is 8.32. The Morgan fingerprint density at radius 1 is 1.17 bits per heavy atom. The molecule has 1 aliphatic heterocycles. The summed E-state index contributed by atoms with van der Waals surface area (Å²) in [5.74, 6) is -0.287. The Bertz CT molecular complexity index is 743. The van der Waals surface area contributed by atoms with Crippen molar-refractivity contribution in [3.63, 3.8) is 0 Å². The molecule has 128 valence electrons. The SMILES string of the molecule is Cc1cccc(N2CCN(Cc3cc(C(=O)O)oc3C)CC2)c1C. The van der Waals surface area contributed by atoms with Crippen LogP contribution in [0.3, 0.4) is 0 Å². The average Bonchev–Trinajstić information content (AvgIpc) is 2.92. The maximum absolute atomic E-state index is 11.0. The minimum atomic E-state index is -1.01. The molecule has 1 saturated heterocycles. The Hall–Kier alpha value is -2.27. The van der Waals surface area contributed by atoms with Gasteiger partial charge in [-0.1, -0.05) is 12.1 Å². The number of aromatic carboxylic acids is 1. The molecule has 0 radical (unpaired) electrons. The van der Waals surface area contributed by atoms with Crippen LogP contribution >= 0.6 is 0 Å². The van der Waals surface area contributed by atoms with Gasteiger partial charge in [-0.3, -0.25) is 4.90 Å². The first-order chi connectivity index (χ1) is 11.5. The number of rotatable bonds is 4. The van der Waals surface area contributed by atoms with Crippen molar-refractivity contribution in [3.8, 4) is 0 Å². The molecule has 0 aliphatic carbocycles. The van der Waals surface area contributed by atoms with Gasteiger partial charge in [0.15, 0.2) is 0 Å². The predicted octanol–water partition coefficient (Wildman–Crippen LogP) is 3.23. The summed E-state index contributed by atoms with van der Waals surface area (Å²) in [4.78, 5) is 15.8. The van der Waals surface area contributed by atoms with E-state index in [0.29, 0.717) is 5.76 Å². The summed E-state index contributed by atoms with van der Waals surface area (Å²) in [6.07, 6.45) is 0. The molecular weight excluding hydrogens is 304 g/mol. The van der Waals surface area contributed by atoms with Crippen molar-refractivity contribution in [2.24, 2.45) is 0 Å². The molecule has 0 spiro atoms. The van der Waals surface area contributed by atoms with Gasteiger partial charge in [-0.05, 0) is 44.0 Å². The molecule has 0 bridgehead atoms. The molecule has 1 aliphatic rings. The van der Waals surface area contributed by atoms with E-state index in [1.807, 2.05) is 6.92 Å². The van der Waals surface area contributed by atoms with E-state index >= 15 is 0 Å². The van der Waals surface area contributed by atoms with Crippen LogP contribution in [-0.4, -0.2) is 42.2 Å². The summed E-state index contributed by atoms with van der Waals surface area (Å²) in [7, 11) is 0. The highest BCUT2D eigenvalue weighted by Gasteiger charge is 2.21.